The molecule has 1 amide bonds. The molecule has 0 spiro atoms. The second-order valence-electron chi connectivity index (χ2n) is 3.88. The van der Waals surface area contributed by atoms with E-state index in [0.717, 1.165) is 18.8 Å². The lowest BCUT2D eigenvalue weighted by Crippen LogP contribution is -2.47. The van der Waals surface area contributed by atoms with Crippen molar-refractivity contribution in [2.45, 2.75) is 19.8 Å². The van der Waals surface area contributed by atoms with Gasteiger partial charge in [-0.05, 0) is 18.6 Å². The number of nitrogens with zero attached hydrogens (tertiary/aromatic N) is 2. The fourth-order valence-electron chi connectivity index (χ4n) is 1.64. The average molecular weight is 190 g/mol. The summed E-state index contributed by atoms with van der Waals surface area (Å²) < 4.78 is 0. The normalized spacial score (nSPS) is 16.6. The van der Waals surface area contributed by atoms with Crippen molar-refractivity contribution in [3.8, 4) is 0 Å². The van der Waals surface area contributed by atoms with E-state index in [4.69, 9.17) is 0 Å². The Morgan fingerprint density at radius 1 is 1.50 bits per heavy atom. The van der Waals surface area contributed by atoms with Gasteiger partial charge >= 0.3 is 0 Å². The molecule has 0 saturated carbocycles. The highest BCUT2D eigenvalue weighted by atomic mass is 16.2. The highest BCUT2D eigenvalue weighted by Crippen LogP contribution is 2.25. The van der Waals surface area contributed by atoms with E-state index in [1.807, 2.05) is 18.0 Å². The minimum absolute atomic E-state index is 0.161. The van der Waals surface area contributed by atoms with E-state index in [1.54, 1.807) is 6.92 Å². The summed E-state index contributed by atoms with van der Waals surface area (Å²) in [5.74, 6) is 0.605. The zero-order chi connectivity index (χ0) is 10.1. The summed E-state index contributed by atoms with van der Waals surface area (Å²) in [5, 5.41) is 0. The summed E-state index contributed by atoms with van der Waals surface area (Å²) in [5.41, 5.74) is 2.28. The number of carbonyl (C=O) groups is 1. The van der Waals surface area contributed by atoms with E-state index < -0.39 is 0 Å². The first-order valence-corrected chi connectivity index (χ1v) is 4.85. The molecule has 1 saturated heterocycles. The van der Waals surface area contributed by atoms with E-state index in [9.17, 15) is 4.79 Å². The first-order valence-electron chi connectivity index (χ1n) is 4.85. The SMILES string of the molecule is CC(=O)N1CC(c2ccc(C)cn2)C1. The van der Waals surface area contributed by atoms with Gasteiger partial charge in [-0.3, -0.25) is 9.78 Å². The van der Waals surface area contributed by atoms with Crippen LogP contribution >= 0.6 is 0 Å². The van der Waals surface area contributed by atoms with Gasteiger partial charge < -0.3 is 4.90 Å². The lowest BCUT2D eigenvalue weighted by molar-refractivity contribution is -0.133. The fourth-order valence-corrected chi connectivity index (χ4v) is 1.64. The molecule has 14 heavy (non-hydrogen) atoms. The number of pyridine rings is 1. The van der Waals surface area contributed by atoms with Crippen LogP contribution in [0.2, 0.25) is 0 Å². The van der Waals surface area contributed by atoms with Crippen molar-refractivity contribution in [2.24, 2.45) is 0 Å². The van der Waals surface area contributed by atoms with Crippen molar-refractivity contribution in [1.82, 2.24) is 9.88 Å². The first kappa shape index (κ1) is 9.19. The summed E-state index contributed by atoms with van der Waals surface area (Å²) in [4.78, 5) is 17.2. The fraction of sp³-hybridized carbons (Fsp3) is 0.455. The molecule has 74 valence electrons. The number of aryl methyl sites for hydroxylation is 1. The van der Waals surface area contributed by atoms with Gasteiger partial charge in [0.15, 0.2) is 0 Å². The number of carbonyl (C=O) groups excluding carboxylic acids is 1. The number of likely N-dealkylation sites (tertiary alicyclic amines) is 1. The molecule has 2 rings (SSSR count). The second-order valence-corrected chi connectivity index (χ2v) is 3.88. The number of hydrogen-bond acceptors (Lipinski definition) is 2. The summed E-state index contributed by atoms with van der Waals surface area (Å²) in [6.07, 6.45) is 1.88. The van der Waals surface area contributed by atoms with Gasteiger partial charge in [0.25, 0.3) is 0 Å². The smallest absolute Gasteiger partial charge is 0.219 e. The Morgan fingerprint density at radius 3 is 2.71 bits per heavy atom. The van der Waals surface area contributed by atoms with Gasteiger partial charge in [-0.2, -0.15) is 0 Å². The van der Waals surface area contributed by atoms with Crippen molar-refractivity contribution >= 4 is 5.91 Å². The van der Waals surface area contributed by atoms with Crippen molar-refractivity contribution in [2.75, 3.05) is 13.1 Å². The van der Waals surface area contributed by atoms with Crippen LogP contribution in [-0.4, -0.2) is 28.9 Å². The van der Waals surface area contributed by atoms with E-state index in [2.05, 4.69) is 17.1 Å². The third kappa shape index (κ3) is 1.62. The zero-order valence-electron chi connectivity index (χ0n) is 8.53. The molecular weight excluding hydrogens is 176 g/mol. The molecule has 0 aromatic carbocycles. The molecule has 2 heterocycles. The number of rotatable bonds is 1. The van der Waals surface area contributed by atoms with Crippen LogP contribution in [-0.2, 0) is 4.79 Å². The van der Waals surface area contributed by atoms with Crippen LogP contribution in [0.5, 0.6) is 0 Å². The predicted molar refractivity (Wildman–Crippen MR) is 54.0 cm³/mol. The minimum Gasteiger partial charge on any atom is -0.341 e. The lowest BCUT2D eigenvalue weighted by atomic mass is 9.95. The van der Waals surface area contributed by atoms with E-state index in [1.165, 1.54) is 5.56 Å². The molecule has 0 unspecified atom stereocenters. The monoisotopic (exact) mass is 190 g/mol. The van der Waals surface area contributed by atoms with Crippen molar-refractivity contribution in [3.63, 3.8) is 0 Å². The Bertz CT molecular complexity index is 339. The molecular formula is C11H14N2O. The number of amides is 1. The summed E-state index contributed by atoms with van der Waals surface area (Å²) >= 11 is 0. The van der Waals surface area contributed by atoms with Gasteiger partial charge in [-0.25, -0.2) is 0 Å². The average Bonchev–Trinajstić information content (AvgIpc) is 2.05. The molecule has 1 aromatic rings. The largest absolute Gasteiger partial charge is 0.341 e. The highest BCUT2D eigenvalue weighted by molar-refractivity contribution is 5.74. The Balaban J connectivity index is 2.00. The standard InChI is InChI=1S/C11H14N2O/c1-8-3-4-11(12-5-8)10-6-13(7-10)9(2)14/h3-5,10H,6-7H2,1-2H3. The summed E-state index contributed by atoms with van der Waals surface area (Å²) in [6, 6.07) is 4.12. The van der Waals surface area contributed by atoms with Crippen LogP contribution in [0.25, 0.3) is 0 Å². The Labute approximate surface area is 83.8 Å². The number of aromatic nitrogens is 1. The maximum Gasteiger partial charge on any atom is 0.219 e. The third-order valence-corrected chi connectivity index (χ3v) is 2.68. The molecule has 0 radical (unpaired) electrons. The van der Waals surface area contributed by atoms with Crippen LogP contribution < -0.4 is 0 Å². The van der Waals surface area contributed by atoms with Crippen LogP contribution in [0.3, 0.4) is 0 Å². The van der Waals surface area contributed by atoms with Crippen molar-refractivity contribution in [3.05, 3.63) is 29.6 Å². The molecule has 0 bridgehead atoms. The van der Waals surface area contributed by atoms with Gasteiger partial charge in [0, 0.05) is 37.8 Å². The maximum atomic E-state index is 11.0. The number of hydrogen-bond donors (Lipinski definition) is 0. The Hall–Kier alpha value is -1.38. The maximum absolute atomic E-state index is 11.0. The summed E-state index contributed by atoms with van der Waals surface area (Å²) in [7, 11) is 0. The molecule has 1 aliphatic rings. The third-order valence-electron chi connectivity index (χ3n) is 2.68. The predicted octanol–water partition coefficient (Wildman–Crippen LogP) is 1.34. The Morgan fingerprint density at radius 2 is 2.21 bits per heavy atom. The van der Waals surface area contributed by atoms with Gasteiger partial charge in [-0.15, -0.1) is 0 Å². The molecule has 0 aliphatic carbocycles. The van der Waals surface area contributed by atoms with Crippen molar-refractivity contribution in [1.29, 1.82) is 0 Å². The lowest BCUT2D eigenvalue weighted by Gasteiger charge is -2.38. The first-order chi connectivity index (χ1) is 6.66. The quantitative estimate of drug-likeness (QED) is 0.669. The van der Waals surface area contributed by atoms with Crippen LogP contribution in [0.15, 0.2) is 18.3 Å². The summed E-state index contributed by atoms with van der Waals surface area (Å²) in [6.45, 7) is 5.29. The van der Waals surface area contributed by atoms with Crippen molar-refractivity contribution < 1.29 is 4.79 Å². The molecule has 0 N–H and O–H groups in total. The van der Waals surface area contributed by atoms with E-state index in [0.29, 0.717) is 5.92 Å². The van der Waals surface area contributed by atoms with Gasteiger partial charge in [0.2, 0.25) is 5.91 Å². The van der Waals surface area contributed by atoms with Crippen LogP contribution in [0.1, 0.15) is 24.1 Å². The highest BCUT2D eigenvalue weighted by Gasteiger charge is 2.30. The molecule has 3 nitrogen and oxygen atoms in total. The zero-order valence-corrected chi connectivity index (χ0v) is 8.53. The Kier molecular flexibility index (Phi) is 2.23. The van der Waals surface area contributed by atoms with E-state index >= 15 is 0 Å². The van der Waals surface area contributed by atoms with Crippen LogP contribution in [0.4, 0.5) is 0 Å². The van der Waals surface area contributed by atoms with Gasteiger partial charge in [0.1, 0.15) is 0 Å². The second kappa shape index (κ2) is 3.40. The van der Waals surface area contributed by atoms with Gasteiger partial charge in [-0.1, -0.05) is 6.07 Å². The topological polar surface area (TPSA) is 33.2 Å². The van der Waals surface area contributed by atoms with Gasteiger partial charge in [0.05, 0.1) is 0 Å². The van der Waals surface area contributed by atoms with E-state index in [-0.39, 0.29) is 5.91 Å². The molecule has 1 fully saturated rings. The molecule has 3 heteroatoms. The molecule has 1 aliphatic heterocycles. The van der Waals surface area contributed by atoms with Crippen LogP contribution in [0, 0.1) is 6.92 Å². The molecule has 0 atom stereocenters. The molecule has 1 aromatic heterocycles. The minimum atomic E-state index is 0.161.